The van der Waals surface area contributed by atoms with Crippen molar-refractivity contribution in [1.82, 2.24) is 21.3 Å². The van der Waals surface area contributed by atoms with Crippen LogP contribution in [0.1, 0.15) is 37.8 Å². The third kappa shape index (κ3) is 11.4. The van der Waals surface area contributed by atoms with Crippen molar-refractivity contribution in [2.24, 2.45) is 0 Å². The first-order valence-corrected chi connectivity index (χ1v) is 11.8. The minimum Gasteiger partial charge on any atom is -0.445 e. The monoisotopic (exact) mass is 498 g/mol. The van der Waals surface area contributed by atoms with Crippen LogP contribution in [0.2, 0.25) is 0 Å². The van der Waals surface area contributed by atoms with E-state index in [1.807, 2.05) is 60.7 Å². The van der Waals surface area contributed by atoms with E-state index in [4.69, 9.17) is 9.47 Å². The molecule has 10 heteroatoms. The molecule has 2 aromatic carbocycles. The van der Waals surface area contributed by atoms with E-state index in [2.05, 4.69) is 21.3 Å². The standard InChI is InChI=1S/C26H34N4O6/c1-19(29-25(33)35-17-21-11-5-3-6-12-21)23(31)27-15-9-10-16-28-24(32)20(2)30-26(34)36-18-22-13-7-4-8-14-22/h3-8,11-14,19-20H,9-10,15-18H2,1-2H3,(H,27,31)(H,28,32)(H,29,33)(H,30,34)/t19-,20-/m0/s1. The summed E-state index contributed by atoms with van der Waals surface area (Å²) in [6.45, 7) is 4.15. The van der Waals surface area contributed by atoms with Gasteiger partial charge in [0.2, 0.25) is 11.8 Å². The molecule has 2 rings (SSSR count). The van der Waals surface area contributed by atoms with Gasteiger partial charge >= 0.3 is 12.2 Å². The molecule has 0 aliphatic heterocycles. The van der Waals surface area contributed by atoms with Crippen LogP contribution in [0.25, 0.3) is 0 Å². The highest BCUT2D eigenvalue weighted by atomic mass is 16.6. The van der Waals surface area contributed by atoms with Gasteiger partial charge in [-0.2, -0.15) is 0 Å². The van der Waals surface area contributed by atoms with Crippen molar-refractivity contribution >= 4 is 24.0 Å². The molecule has 194 valence electrons. The van der Waals surface area contributed by atoms with Crippen molar-refractivity contribution in [2.45, 2.75) is 52.0 Å². The van der Waals surface area contributed by atoms with Gasteiger partial charge in [-0.1, -0.05) is 60.7 Å². The molecule has 4 N–H and O–H groups in total. The van der Waals surface area contributed by atoms with E-state index in [0.29, 0.717) is 25.9 Å². The molecule has 2 aromatic rings. The lowest BCUT2D eigenvalue weighted by molar-refractivity contribution is -0.123. The summed E-state index contributed by atoms with van der Waals surface area (Å²) in [5, 5.41) is 10.4. The van der Waals surface area contributed by atoms with Crippen molar-refractivity contribution in [3.05, 3.63) is 71.8 Å². The van der Waals surface area contributed by atoms with Gasteiger partial charge in [0, 0.05) is 13.1 Å². The van der Waals surface area contributed by atoms with Crippen LogP contribution < -0.4 is 21.3 Å². The maximum Gasteiger partial charge on any atom is 0.408 e. The second kappa shape index (κ2) is 15.8. The summed E-state index contributed by atoms with van der Waals surface area (Å²) in [5.41, 5.74) is 1.70. The smallest absolute Gasteiger partial charge is 0.408 e. The molecule has 0 aliphatic carbocycles. The predicted molar refractivity (Wildman–Crippen MR) is 134 cm³/mol. The van der Waals surface area contributed by atoms with Crippen molar-refractivity contribution < 1.29 is 28.7 Å². The summed E-state index contributed by atoms with van der Waals surface area (Å²) in [6, 6.07) is 17.0. The van der Waals surface area contributed by atoms with Gasteiger partial charge in [-0.25, -0.2) is 9.59 Å². The lowest BCUT2D eigenvalue weighted by Gasteiger charge is -2.15. The molecule has 0 aliphatic rings. The summed E-state index contributed by atoms with van der Waals surface area (Å²) in [4.78, 5) is 47.9. The van der Waals surface area contributed by atoms with Crippen LogP contribution in [0, 0.1) is 0 Å². The zero-order valence-corrected chi connectivity index (χ0v) is 20.6. The molecule has 0 bridgehead atoms. The lowest BCUT2D eigenvalue weighted by Crippen LogP contribution is -2.45. The molecule has 0 radical (unpaired) electrons. The first-order valence-electron chi connectivity index (χ1n) is 11.8. The fourth-order valence-corrected chi connectivity index (χ4v) is 2.99. The predicted octanol–water partition coefficient (Wildman–Crippen LogP) is 2.63. The van der Waals surface area contributed by atoms with E-state index < -0.39 is 24.3 Å². The number of carbonyl (C=O) groups excluding carboxylic acids is 4. The number of carbonyl (C=O) groups is 4. The topological polar surface area (TPSA) is 135 Å². The zero-order valence-electron chi connectivity index (χ0n) is 20.6. The van der Waals surface area contributed by atoms with Crippen LogP contribution in [-0.4, -0.2) is 49.2 Å². The number of unbranched alkanes of at least 4 members (excludes halogenated alkanes) is 1. The average Bonchev–Trinajstić information content (AvgIpc) is 2.89. The maximum atomic E-state index is 12.1. The van der Waals surface area contributed by atoms with Crippen molar-refractivity contribution in [3.63, 3.8) is 0 Å². The Morgan fingerprint density at radius 1 is 0.639 bits per heavy atom. The van der Waals surface area contributed by atoms with E-state index in [1.54, 1.807) is 13.8 Å². The van der Waals surface area contributed by atoms with E-state index in [9.17, 15) is 19.2 Å². The molecule has 36 heavy (non-hydrogen) atoms. The minimum atomic E-state index is -0.749. The Bertz CT molecular complexity index is 891. The summed E-state index contributed by atoms with van der Waals surface area (Å²) >= 11 is 0. The molecule has 0 fully saturated rings. The van der Waals surface area contributed by atoms with Crippen LogP contribution in [0.5, 0.6) is 0 Å². The van der Waals surface area contributed by atoms with E-state index >= 15 is 0 Å². The number of rotatable bonds is 13. The van der Waals surface area contributed by atoms with Gasteiger partial charge in [-0.05, 0) is 37.8 Å². The fraction of sp³-hybridized carbons (Fsp3) is 0.385. The van der Waals surface area contributed by atoms with Crippen molar-refractivity contribution in [3.8, 4) is 0 Å². The molecule has 0 unspecified atom stereocenters. The Labute approximate surface area is 211 Å². The molecular weight excluding hydrogens is 464 g/mol. The number of ether oxygens (including phenoxy) is 2. The van der Waals surface area contributed by atoms with E-state index in [-0.39, 0.29) is 25.0 Å². The Balaban J connectivity index is 1.51. The minimum absolute atomic E-state index is 0.121. The van der Waals surface area contributed by atoms with Gasteiger partial charge < -0.3 is 30.7 Å². The quantitative estimate of drug-likeness (QED) is 0.314. The van der Waals surface area contributed by atoms with Crippen LogP contribution in [-0.2, 0) is 32.3 Å². The summed E-state index contributed by atoms with van der Waals surface area (Å²) < 4.78 is 10.2. The first-order chi connectivity index (χ1) is 17.3. The highest BCUT2D eigenvalue weighted by molar-refractivity contribution is 5.85. The van der Waals surface area contributed by atoms with E-state index in [0.717, 1.165) is 11.1 Å². The van der Waals surface area contributed by atoms with Gasteiger partial charge in [0.15, 0.2) is 0 Å². The van der Waals surface area contributed by atoms with Gasteiger partial charge in [0.25, 0.3) is 0 Å². The maximum absolute atomic E-state index is 12.1. The molecule has 4 amide bonds. The van der Waals surface area contributed by atoms with Gasteiger partial charge in [-0.3, -0.25) is 9.59 Å². The lowest BCUT2D eigenvalue weighted by atomic mass is 10.2. The van der Waals surface area contributed by atoms with Crippen LogP contribution in [0.15, 0.2) is 60.7 Å². The van der Waals surface area contributed by atoms with E-state index in [1.165, 1.54) is 0 Å². The zero-order chi connectivity index (χ0) is 26.2. The average molecular weight is 499 g/mol. The fourth-order valence-electron chi connectivity index (χ4n) is 2.99. The molecule has 0 saturated heterocycles. The largest absolute Gasteiger partial charge is 0.445 e. The van der Waals surface area contributed by atoms with Gasteiger partial charge in [0.1, 0.15) is 25.3 Å². The Hall–Kier alpha value is -4.08. The number of nitrogens with one attached hydrogen (secondary N) is 4. The van der Waals surface area contributed by atoms with Gasteiger partial charge in [0.05, 0.1) is 0 Å². The number of benzene rings is 2. The number of alkyl carbamates (subject to hydrolysis) is 2. The molecule has 0 aromatic heterocycles. The molecule has 0 spiro atoms. The highest BCUT2D eigenvalue weighted by Crippen LogP contribution is 2.02. The third-order valence-corrected chi connectivity index (χ3v) is 5.08. The number of hydrogen-bond acceptors (Lipinski definition) is 6. The SMILES string of the molecule is C[C@H](NC(=O)OCc1ccccc1)C(=O)NCCCCNC(=O)[C@H](C)NC(=O)OCc1ccccc1. The third-order valence-electron chi connectivity index (χ3n) is 5.08. The highest BCUT2D eigenvalue weighted by Gasteiger charge is 2.17. The molecule has 2 atom stereocenters. The number of hydrogen-bond donors (Lipinski definition) is 4. The second-order valence-corrected chi connectivity index (χ2v) is 8.14. The number of amides is 4. The van der Waals surface area contributed by atoms with Crippen LogP contribution in [0.3, 0.4) is 0 Å². The van der Waals surface area contributed by atoms with Crippen molar-refractivity contribution in [1.29, 1.82) is 0 Å². The summed E-state index contributed by atoms with van der Waals surface area (Å²) in [6.07, 6.45) is -0.0947. The molecule has 0 saturated carbocycles. The molecular formula is C26H34N4O6. The van der Waals surface area contributed by atoms with Crippen LogP contribution in [0.4, 0.5) is 9.59 Å². The Kier molecular flexibility index (Phi) is 12.3. The normalized spacial score (nSPS) is 11.9. The summed E-state index contributed by atoms with van der Waals surface area (Å²) in [7, 11) is 0. The molecule has 10 nitrogen and oxygen atoms in total. The summed E-state index contributed by atoms with van der Waals surface area (Å²) in [5.74, 6) is -0.662. The Morgan fingerprint density at radius 2 is 1.00 bits per heavy atom. The Morgan fingerprint density at radius 3 is 1.36 bits per heavy atom. The first kappa shape index (κ1) is 28.2. The molecule has 0 heterocycles. The van der Waals surface area contributed by atoms with Gasteiger partial charge in [-0.15, -0.1) is 0 Å². The van der Waals surface area contributed by atoms with Crippen LogP contribution >= 0.6 is 0 Å². The van der Waals surface area contributed by atoms with Crippen molar-refractivity contribution in [2.75, 3.05) is 13.1 Å². The second-order valence-electron chi connectivity index (χ2n) is 8.14.